The van der Waals surface area contributed by atoms with Gasteiger partial charge in [-0.1, -0.05) is 18.2 Å². The van der Waals surface area contributed by atoms with Crippen LogP contribution in [0.15, 0.2) is 54.7 Å². The molecule has 9 heteroatoms. The molecular weight excluding hydrogens is 420 g/mol. The third-order valence-electron chi connectivity index (χ3n) is 4.75. The quantitative estimate of drug-likeness (QED) is 0.535. The highest BCUT2D eigenvalue weighted by molar-refractivity contribution is 7.89. The number of hydrogen-bond donors (Lipinski definition) is 1. The number of nitrogens with one attached hydrogen (secondary N) is 1. The summed E-state index contributed by atoms with van der Waals surface area (Å²) in [6.45, 7) is 1.82. The van der Waals surface area contributed by atoms with Crippen LogP contribution >= 0.6 is 0 Å². The van der Waals surface area contributed by atoms with E-state index < -0.39 is 27.9 Å². The molecule has 3 rings (SSSR count). The second-order valence-corrected chi connectivity index (χ2v) is 8.80. The Labute approximate surface area is 180 Å². The van der Waals surface area contributed by atoms with E-state index in [1.54, 1.807) is 55.5 Å². The van der Waals surface area contributed by atoms with Gasteiger partial charge < -0.3 is 14.8 Å². The van der Waals surface area contributed by atoms with Gasteiger partial charge in [-0.2, -0.15) is 0 Å². The van der Waals surface area contributed by atoms with Gasteiger partial charge >= 0.3 is 5.97 Å². The number of aromatic nitrogens is 1. The molecule has 31 heavy (non-hydrogen) atoms. The molecule has 0 saturated heterocycles. The lowest BCUT2D eigenvalue weighted by Gasteiger charge is -2.17. The van der Waals surface area contributed by atoms with E-state index >= 15 is 0 Å². The predicted molar refractivity (Wildman–Crippen MR) is 117 cm³/mol. The summed E-state index contributed by atoms with van der Waals surface area (Å²) in [7, 11) is -2.08. The van der Waals surface area contributed by atoms with Crippen LogP contribution in [0.25, 0.3) is 10.9 Å². The average molecular weight is 445 g/mol. The van der Waals surface area contributed by atoms with Crippen molar-refractivity contribution < 1.29 is 27.5 Å². The molecule has 164 valence electrons. The molecule has 1 amide bonds. The minimum atomic E-state index is -3.59. The molecule has 1 atom stereocenters. The van der Waals surface area contributed by atoms with Crippen molar-refractivity contribution in [2.45, 2.75) is 19.4 Å². The fourth-order valence-electron chi connectivity index (χ4n) is 3.30. The Kier molecular flexibility index (Phi) is 6.65. The number of carbonyl (C=O) groups is 2. The van der Waals surface area contributed by atoms with Gasteiger partial charge in [0, 0.05) is 23.6 Å². The molecule has 3 aromatic rings. The fraction of sp³-hybridized carbons (Fsp3) is 0.273. The number of esters is 1. The van der Waals surface area contributed by atoms with Gasteiger partial charge in [0.25, 0.3) is 5.91 Å². The second kappa shape index (κ2) is 9.22. The summed E-state index contributed by atoms with van der Waals surface area (Å²) < 4.78 is 36.1. The number of ether oxygens (including phenoxy) is 2. The molecule has 0 aliphatic carbocycles. The van der Waals surface area contributed by atoms with Crippen molar-refractivity contribution in [1.29, 1.82) is 0 Å². The molecule has 0 spiro atoms. The van der Waals surface area contributed by atoms with Crippen LogP contribution in [-0.2, 0) is 26.0 Å². The predicted octanol–water partition coefficient (Wildman–Crippen LogP) is 2.36. The molecule has 1 N–H and O–H groups in total. The number of rotatable bonds is 8. The molecule has 2 aromatic carbocycles. The molecule has 1 unspecified atom stereocenters. The Bertz CT molecular complexity index is 1200. The van der Waals surface area contributed by atoms with Gasteiger partial charge in [-0.25, -0.2) is 17.2 Å². The highest BCUT2D eigenvalue weighted by Gasteiger charge is 2.26. The standard InChI is InChI=1S/C22H24N2O6S/c1-4-30-22(26)19(23-21(25)15-8-6-5-7-9-15)12-16-14-24(31(3,27)28)20-11-10-17(29-2)13-18(16)20/h5-11,13-14,19H,4,12H2,1-3H3,(H,23,25). The summed E-state index contributed by atoms with van der Waals surface area (Å²) in [6, 6.07) is 12.5. The Morgan fingerprint density at radius 2 is 1.84 bits per heavy atom. The van der Waals surface area contributed by atoms with Crippen molar-refractivity contribution >= 4 is 32.8 Å². The number of benzene rings is 2. The highest BCUT2D eigenvalue weighted by Crippen LogP contribution is 2.28. The van der Waals surface area contributed by atoms with Crippen molar-refractivity contribution in [3.05, 3.63) is 65.9 Å². The van der Waals surface area contributed by atoms with Crippen LogP contribution in [0.5, 0.6) is 5.75 Å². The second-order valence-electron chi connectivity index (χ2n) is 6.94. The molecule has 0 aliphatic rings. The van der Waals surface area contributed by atoms with E-state index in [0.717, 1.165) is 10.2 Å². The first-order chi connectivity index (χ1) is 14.7. The number of amides is 1. The van der Waals surface area contributed by atoms with Crippen LogP contribution in [-0.4, -0.2) is 50.3 Å². The van der Waals surface area contributed by atoms with Gasteiger partial charge in [-0.3, -0.25) is 4.79 Å². The lowest BCUT2D eigenvalue weighted by atomic mass is 10.0. The van der Waals surface area contributed by atoms with Crippen molar-refractivity contribution in [2.24, 2.45) is 0 Å². The Balaban J connectivity index is 2.02. The summed E-state index contributed by atoms with van der Waals surface area (Å²) >= 11 is 0. The maximum absolute atomic E-state index is 12.6. The zero-order valence-electron chi connectivity index (χ0n) is 17.5. The summed E-state index contributed by atoms with van der Waals surface area (Å²) in [4.78, 5) is 25.2. The zero-order chi connectivity index (χ0) is 22.6. The van der Waals surface area contributed by atoms with Gasteiger partial charge in [0.15, 0.2) is 0 Å². The molecule has 0 saturated carbocycles. The van der Waals surface area contributed by atoms with Gasteiger partial charge in [0.2, 0.25) is 10.0 Å². The summed E-state index contributed by atoms with van der Waals surface area (Å²) in [6.07, 6.45) is 2.60. The Morgan fingerprint density at radius 1 is 1.13 bits per heavy atom. The van der Waals surface area contributed by atoms with E-state index in [0.29, 0.717) is 27.8 Å². The SMILES string of the molecule is CCOC(=O)C(Cc1cn(S(C)(=O)=O)c2ccc(OC)cc12)NC(=O)c1ccccc1. The first-order valence-electron chi connectivity index (χ1n) is 9.65. The van der Waals surface area contributed by atoms with Crippen LogP contribution in [0.2, 0.25) is 0 Å². The third-order valence-corrected chi connectivity index (χ3v) is 5.77. The van der Waals surface area contributed by atoms with Crippen molar-refractivity contribution in [1.82, 2.24) is 9.29 Å². The molecule has 1 aromatic heterocycles. The van der Waals surface area contributed by atoms with E-state index in [1.165, 1.54) is 13.3 Å². The van der Waals surface area contributed by atoms with Crippen LogP contribution in [0.1, 0.15) is 22.8 Å². The number of hydrogen-bond acceptors (Lipinski definition) is 6. The van der Waals surface area contributed by atoms with E-state index in [9.17, 15) is 18.0 Å². The first-order valence-corrected chi connectivity index (χ1v) is 11.5. The third kappa shape index (κ3) is 5.05. The van der Waals surface area contributed by atoms with Crippen molar-refractivity contribution in [3.8, 4) is 5.75 Å². The maximum Gasteiger partial charge on any atom is 0.328 e. The molecule has 1 heterocycles. The van der Waals surface area contributed by atoms with Gasteiger partial charge in [-0.15, -0.1) is 0 Å². The number of fused-ring (bicyclic) bond motifs is 1. The Morgan fingerprint density at radius 3 is 2.45 bits per heavy atom. The van der Waals surface area contributed by atoms with Gasteiger partial charge in [0.05, 0.1) is 25.5 Å². The lowest BCUT2D eigenvalue weighted by Crippen LogP contribution is -2.43. The largest absolute Gasteiger partial charge is 0.497 e. The number of nitrogens with zero attached hydrogens (tertiary/aromatic N) is 1. The number of carbonyl (C=O) groups excluding carboxylic acids is 2. The monoisotopic (exact) mass is 444 g/mol. The van der Waals surface area contributed by atoms with Crippen LogP contribution in [0.3, 0.4) is 0 Å². The van der Waals surface area contributed by atoms with Crippen LogP contribution in [0.4, 0.5) is 0 Å². The highest BCUT2D eigenvalue weighted by atomic mass is 32.2. The zero-order valence-corrected chi connectivity index (χ0v) is 18.3. The topological polar surface area (TPSA) is 104 Å². The average Bonchev–Trinajstić information content (AvgIpc) is 3.12. The van der Waals surface area contributed by atoms with Gasteiger partial charge in [-0.05, 0) is 42.8 Å². The molecule has 0 aliphatic heterocycles. The maximum atomic E-state index is 12.6. The van der Waals surface area contributed by atoms with Crippen LogP contribution in [0, 0.1) is 0 Å². The van der Waals surface area contributed by atoms with Gasteiger partial charge in [0.1, 0.15) is 11.8 Å². The summed E-state index contributed by atoms with van der Waals surface area (Å²) in [5.41, 5.74) is 1.41. The summed E-state index contributed by atoms with van der Waals surface area (Å²) in [5.74, 6) is -0.487. The normalized spacial score (nSPS) is 12.4. The minimum Gasteiger partial charge on any atom is -0.497 e. The minimum absolute atomic E-state index is 0.0452. The van der Waals surface area contributed by atoms with E-state index in [2.05, 4.69) is 5.32 Å². The van der Waals surface area contributed by atoms with Crippen molar-refractivity contribution in [2.75, 3.05) is 20.0 Å². The molecule has 0 bridgehead atoms. The fourth-order valence-corrected chi connectivity index (χ4v) is 4.13. The summed E-state index contributed by atoms with van der Waals surface area (Å²) in [5, 5.41) is 3.31. The smallest absolute Gasteiger partial charge is 0.328 e. The first kappa shape index (κ1) is 22.4. The molecule has 0 fully saturated rings. The van der Waals surface area contributed by atoms with Crippen molar-refractivity contribution in [3.63, 3.8) is 0 Å². The van der Waals surface area contributed by atoms with E-state index in [1.807, 2.05) is 0 Å². The Hall–Kier alpha value is -3.33. The molecule has 8 nitrogen and oxygen atoms in total. The molecular formula is C22H24N2O6S. The number of methoxy groups -OCH3 is 1. The molecule has 0 radical (unpaired) electrons. The van der Waals surface area contributed by atoms with E-state index in [-0.39, 0.29) is 13.0 Å². The lowest BCUT2D eigenvalue weighted by molar-refractivity contribution is -0.145. The van der Waals surface area contributed by atoms with Crippen LogP contribution < -0.4 is 10.1 Å². The van der Waals surface area contributed by atoms with E-state index in [4.69, 9.17) is 9.47 Å².